The number of halogens is 1. The Bertz CT molecular complexity index is 468. The third kappa shape index (κ3) is 7.98. The quantitative estimate of drug-likeness (QED) is 0.571. The lowest BCUT2D eigenvalue weighted by Gasteiger charge is -2.27. The molecule has 1 atom stereocenters. The molecule has 1 unspecified atom stereocenters. The third-order valence-corrected chi connectivity index (χ3v) is 3.82. The highest BCUT2D eigenvalue weighted by molar-refractivity contribution is 5.79. The predicted molar refractivity (Wildman–Crippen MR) is 96.4 cm³/mol. The summed E-state index contributed by atoms with van der Waals surface area (Å²) in [4.78, 5) is 6.51. The van der Waals surface area contributed by atoms with Crippen LogP contribution in [0.1, 0.15) is 25.8 Å². The average Bonchev–Trinajstić information content (AvgIpc) is 2.50. The Morgan fingerprint density at radius 3 is 2.35 bits per heavy atom. The zero-order chi connectivity index (χ0) is 17.2. The van der Waals surface area contributed by atoms with E-state index in [4.69, 9.17) is 0 Å². The van der Waals surface area contributed by atoms with Gasteiger partial charge in [-0.2, -0.15) is 0 Å². The Hall–Kier alpha value is -1.62. The number of guanidine groups is 1. The minimum Gasteiger partial charge on any atom is -0.356 e. The van der Waals surface area contributed by atoms with Gasteiger partial charge in [-0.3, -0.25) is 4.99 Å². The van der Waals surface area contributed by atoms with Crippen molar-refractivity contribution < 1.29 is 4.39 Å². The summed E-state index contributed by atoms with van der Waals surface area (Å²) in [6.07, 6.45) is 1.98. The average molecular weight is 322 g/mol. The van der Waals surface area contributed by atoms with E-state index in [1.54, 1.807) is 7.05 Å². The molecule has 4 nitrogen and oxygen atoms in total. The molecule has 0 bridgehead atoms. The van der Waals surface area contributed by atoms with Crippen LogP contribution in [0.3, 0.4) is 0 Å². The summed E-state index contributed by atoms with van der Waals surface area (Å²) in [6, 6.07) is 7.10. The second-order valence-corrected chi connectivity index (χ2v) is 6.50. The molecule has 1 rings (SSSR count). The van der Waals surface area contributed by atoms with E-state index in [0.717, 1.165) is 37.5 Å². The second-order valence-electron chi connectivity index (χ2n) is 6.50. The molecule has 1 aromatic rings. The van der Waals surface area contributed by atoms with E-state index in [9.17, 15) is 4.39 Å². The maximum atomic E-state index is 12.9. The Labute approximate surface area is 140 Å². The van der Waals surface area contributed by atoms with Crippen molar-refractivity contribution in [2.24, 2.45) is 10.9 Å². The van der Waals surface area contributed by atoms with Gasteiger partial charge in [0.25, 0.3) is 0 Å². The van der Waals surface area contributed by atoms with E-state index in [1.165, 1.54) is 12.1 Å². The fraction of sp³-hybridized carbons (Fsp3) is 0.611. The van der Waals surface area contributed by atoms with Crippen molar-refractivity contribution in [3.63, 3.8) is 0 Å². The van der Waals surface area contributed by atoms with Gasteiger partial charge in [-0.15, -0.1) is 0 Å². The van der Waals surface area contributed by atoms with Crippen LogP contribution in [-0.4, -0.2) is 51.1 Å². The van der Waals surface area contributed by atoms with Crippen LogP contribution in [0.25, 0.3) is 0 Å². The Balaban J connectivity index is 2.37. The van der Waals surface area contributed by atoms with Crippen LogP contribution in [0.5, 0.6) is 0 Å². The van der Waals surface area contributed by atoms with Gasteiger partial charge in [-0.1, -0.05) is 26.0 Å². The molecule has 130 valence electrons. The molecule has 0 spiro atoms. The molecule has 1 aromatic carbocycles. The monoisotopic (exact) mass is 322 g/mol. The summed E-state index contributed by atoms with van der Waals surface area (Å²) in [5, 5.41) is 6.70. The molecule has 0 saturated heterocycles. The van der Waals surface area contributed by atoms with Gasteiger partial charge in [0.05, 0.1) is 0 Å². The van der Waals surface area contributed by atoms with Crippen molar-refractivity contribution in [2.45, 2.75) is 32.7 Å². The lowest BCUT2D eigenvalue weighted by molar-refractivity contribution is 0.254. The number of aliphatic imine (C=N–C) groups is 1. The van der Waals surface area contributed by atoms with Crippen LogP contribution in [-0.2, 0) is 6.42 Å². The Morgan fingerprint density at radius 1 is 1.17 bits per heavy atom. The number of rotatable bonds is 8. The first-order valence-corrected chi connectivity index (χ1v) is 8.27. The highest BCUT2D eigenvalue weighted by Crippen LogP contribution is 2.08. The van der Waals surface area contributed by atoms with Gasteiger partial charge in [-0.05, 0) is 50.6 Å². The van der Waals surface area contributed by atoms with E-state index >= 15 is 0 Å². The Morgan fingerprint density at radius 2 is 1.83 bits per heavy atom. The van der Waals surface area contributed by atoms with Gasteiger partial charge in [0, 0.05) is 26.2 Å². The van der Waals surface area contributed by atoms with E-state index in [2.05, 4.69) is 48.5 Å². The smallest absolute Gasteiger partial charge is 0.191 e. The maximum absolute atomic E-state index is 12.9. The van der Waals surface area contributed by atoms with Crippen molar-refractivity contribution in [2.75, 3.05) is 34.2 Å². The van der Waals surface area contributed by atoms with Gasteiger partial charge < -0.3 is 15.5 Å². The van der Waals surface area contributed by atoms with Crippen molar-refractivity contribution in [3.8, 4) is 0 Å². The predicted octanol–water partition coefficient (Wildman–Crippen LogP) is 2.51. The van der Waals surface area contributed by atoms with Crippen molar-refractivity contribution >= 4 is 5.96 Å². The SMILES string of the molecule is CN=C(NCCc1ccc(F)cc1)NCC(CC(C)C)N(C)C. The van der Waals surface area contributed by atoms with Crippen LogP contribution >= 0.6 is 0 Å². The molecule has 0 amide bonds. The van der Waals surface area contributed by atoms with E-state index < -0.39 is 0 Å². The van der Waals surface area contributed by atoms with Crippen LogP contribution in [0, 0.1) is 11.7 Å². The highest BCUT2D eigenvalue weighted by Gasteiger charge is 2.13. The molecular weight excluding hydrogens is 291 g/mol. The summed E-state index contributed by atoms with van der Waals surface area (Å²) >= 11 is 0. The van der Waals surface area contributed by atoms with E-state index in [1.807, 2.05) is 12.1 Å². The molecule has 2 N–H and O–H groups in total. The first-order valence-electron chi connectivity index (χ1n) is 8.27. The Kier molecular flexibility index (Phi) is 8.62. The van der Waals surface area contributed by atoms with Gasteiger partial charge in [-0.25, -0.2) is 4.39 Å². The van der Waals surface area contributed by atoms with Gasteiger partial charge in [0.1, 0.15) is 5.82 Å². The van der Waals surface area contributed by atoms with Gasteiger partial charge in [0.15, 0.2) is 5.96 Å². The van der Waals surface area contributed by atoms with Crippen LogP contribution in [0.2, 0.25) is 0 Å². The molecular formula is C18H31FN4. The first-order chi connectivity index (χ1) is 10.9. The minimum absolute atomic E-state index is 0.195. The number of nitrogens with zero attached hydrogens (tertiary/aromatic N) is 2. The summed E-state index contributed by atoms with van der Waals surface area (Å²) in [5.41, 5.74) is 1.11. The van der Waals surface area contributed by atoms with Crippen LogP contribution < -0.4 is 10.6 Å². The van der Waals surface area contributed by atoms with Gasteiger partial charge >= 0.3 is 0 Å². The number of nitrogens with one attached hydrogen (secondary N) is 2. The summed E-state index contributed by atoms with van der Waals surface area (Å²) < 4.78 is 12.9. The zero-order valence-electron chi connectivity index (χ0n) is 15.1. The standard InChI is InChI=1S/C18H31FN4/c1-14(2)12-17(23(4)5)13-22-18(20-3)21-11-10-15-6-8-16(19)9-7-15/h6-9,14,17H,10-13H2,1-5H3,(H2,20,21,22). The molecule has 0 aliphatic heterocycles. The van der Waals surface area contributed by atoms with E-state index in [-0.39, 0.29) is 5.82 Å². The maximum Gasteiger partial charge on any atom is 0.191 e. The number of hydrogen-bond acceptors (Lipinski definition) is 2. The second kappa shape index (κ2) is 10.2. The summed E-state index contributed by atoms with van der Waals surface area (Å²) in [6.45, 7) is 6.11. The third-order valence-electron chi connectivity index (χ3n) is 3.82. The lowest BCUT2D eigenvalue weighted by atomic mass is 10.0. The minimum atomic E-state index is -0.195. The topological polar surface area (TPSA) is 39.7 Å². The lowest BCUT2D eigenvalue weighted by Crippen LogP contribution is -2.45. The molecule has 5 heteroatoms. The molecule has 0 aliphatic rings. The van der Waals surface area contributed by atoms with Gasteiger partial charge in [0.2, 0.25) is 0 Å². The fourth-order valence-corrected chi connectivity index (χ4v) is 2.43. The molecule has 0 aliphatic carbocycles. The largest absolute Gasteiger partial charge is 0.356 e. The zero-order valence-corrected chi connectivity index (χ0v) is 15.1. The molecule has 0 aromatic heterocycles. The molecule has 23 heavy (non-hydrogen) atoms. The summed E-state index contributed by atoms with van der Waals surface area (Å²) in [7, 11) is 6.00. The normalized spacial score (nSPS) is 13.5. The number of benzene rings is 1. The number of hydrogen-bond donors (Lipinski definition) is 2. The van der Waals surface area contributed by atoms with Crippen LogP contribution in [0.15, 0.2) is 29.3 Å². The summed E-state index contributed by atoms with van der Waals surface area (Å²) in [5.74, 6) is 1.28. The highest BCUT2D eigenvalue weighted by atomic mass is 19.1. The first kappa shape index (κ1) is 19.4. The molecule has 0 saturated carbocycles. The van der Waals surface area contributed by atoms with Crippen molar-refractivity contribution in [3.05, 3.63) is 35.6 Å². The number of likely N-dealkylation sites (N-methyl/N-ethyl adjacent to an activating group) is 1. The van der Waals surface area contributed by atoms with Crippen molar-refractivity contribution in [1.29, 1.82) is 0 Å². The van der Waals surface area contributed by atoms with E-state index in [0.29, 0.717) is 12.0 Å². The molecule has 0 fully saturated rings. The molecule has 0 radical (unpaired) electrons. The fourth-order valence-electron chi connectivity index (χ4n) is 2.43. The molecule has 0 heterocycles. The van der Waals surface area contributed by atoms with Crippen molar-refractivity contribution in [1.82, 2.24) is 15.5 Å². The van der Waals surface area contributed by atoms with Crippen LogP contribution in [0.4, 0.5) is 4.39 Å².